The number of rotatable bonds is 2. The van der Waals surface area contributed by atoms with Gasteiger partial charge in [-0.25, -0.2) is 0 Å². The first-order valence-corrected chi connectivity index (χ1v) is 8.09. The van der Waals surface area contributed by atoms with Gasteiger partial charge in [-0.15, -0.1) is 0 Å². The van der Waals surface area contributed by atoms with Crippen molar-refractivity contribution in [1.29, 1.82) is 0 Å². The smallest absolute Gasteiger partial charge is 0.0965 e. The standard InChI is InChI=1S/C18H20O2/c1-20-17-13-9-7-10-12-11(9)14(17)16(12)18(19,15(10)13)8-5-3-2-4-6-8/h2-6,9-17,19H,7H2,1H3/t9-,10+,11-,12+,13-,14+,15+,16-,17-,18-/m1/s1. The van der Waals surface area contributed by atoms with E-state index < -0.39 is 5.60 Å². The molecular weight excluding hydrogens is 248 g/mol. The van der Waals surface area contributed by atoms with Crippen molar-refractivity contribution >= 4 is 0 Å². The molecular formula is C18H20O2. The number of hydrogen-bond acceptors (Lipinski definition) is 2. The molecule has 0 saturated heterocycles. The molecule has 5 saturated carbocycles. The highest BCUT2D eigenvalue weighted by atomic mass is 16.5. The van der Waals surface area contributed by atoms with E-state index in [1.54, 1.807) is 0 Å². The van der Waals surface area contributed by atoms with Gasteiger partial charge in [0.2, 0.25) is 0 Å². The molecule has 0 heterocycles. The van der Waals surface area contributed by atoms with Gasteiger partial charge in [-0.1, -0.05) is 30.3 Å². The lowest BCUT2D eigenvalue weighted by Gasteiger charge is -2.54. The molecule has 1 aromatic rings. The summed E-state index contributed by atoms with van der Waals surface area (Å²) in [6, 6.07) is 10.5. The minimum absolute atomic E-state index is 0.438. The minimum atomic E-state index is -0.553. The third-order valence-electron chi connectivity index (χ3n) is 7.91. The summed E-state index contributed by atoms with van der Waals surface area (Å²) in [6.45, 7) is 0. The second kappa shape index (κ2) is 3.00. The fourth-order valence-electron chi connectivity index (χ4n) is 7.91. The Labute approximate surface area is 119 Å². The van der Waals surface area contributed by atoms with Gasteiger partial charge in [0.25, 0.3) is 0 Å². The molecule has 5 aliphatic rings. The summed E-state index contributed by atoms with van der Waals surface area (Å²) in [4.78, 5) is 0. The fraction of sp³-hybridized carbons (Fsp3) is 0.667. The number of ether oxygens (including phenoxy) is 1. The van der Waals surface area contributed by atoms with Crippen LogP contribution in [0, 0.1) is 47.3 Å². The lowest BCUT2D eigenvalue weighted by Crippen LogP contribution is -2.57. The Kier molecular flexibility index (Phi) is 1.62. The summed E-state index contributed by atoms with van der Waals surface area (Å²) >= 11 is 0. The molecule has 0 spiro atoms. The largest absolute Gasteiger partial charge is 0.385 e. The van der Waals surface area contributed by atoms with Gasteiger partial charge >= 0.3 is 0 Å². The Bertz CT molecular complexity index is 599. The van der Waals surface area contributed by atoms with Crippen LogP contribution < -0.4 is 0 Å². The van der Waals surface area contributed by atoms with Gasteiger partial charge < -0.3 is 9.84 Å². The van der Waals surface area contributed by atoms with E-state index in [2.05, 4.69) is 30.3 Å². The van der Waals surface area contributed by atoms with E-state index in [-0.39, 0.29) is 0 Å². The molecule has 1 N–H and O–H groups in total. The van der Waals surface area contributed by atoms with Crippen LogP contribution in [0.1, 0.15) is 12.0 Å². The molecule has 2 nitrogen and oxygen atoms in total. The van der Waals surface area contributed by atoms with E-state index in [1.807, 2.05) is 7.11 Å². The molecule has 104 valence electrons. The zero-order valence-corrected chi connectivity index (χ0v) is 11.6. The second-order valence-corrected chi connectivity index (χ2v) is 7.82. The Morgan fingerprint density at radius 1 is 1.00 bits per heavy atom. The molecule has 1 aromatic carbocycles. The highest BCUT2D eigenvalue weighted by Crippen LogP contribution is 2.87. The van der Waals surface area contributed by atoms with Gasteiger partial charge in [0.15, 0.2) is 0 Å². The molecule has 0 radical (unpaired) electrons. The quantitative estimate of drug-likeness (QED) is 0.891. The van der Waals surface area contributed by atoms with Crippen molar-refractivity contribution in [1.82, 2.24) is 0 Å². The fourth-order valence-corrected chi connectivity index (χ4v) is 7.91. The maximum atomic E-state index is 11.7. The average Bonchev–Trinajstić information content (AvgIpc) is 2.98. The van der Waals surface area contributed by atoms with Gasteiger partial charge in [0.1, 0.15) is 0 Å². The molecule has 2 bridgehead atoms. The first kappa shape index (κ1) is 10.8. The molecule has 6 rings (SSSR count). The van der Waals surface area contributed by atoms with Crippen molar-refractivity contribution in [3.63, 3.8) is 0 Å². The zero-order valence-electron chi connectivity index (χ0n) is 11.6. The van der Waals surface area contributed by atoms with Crippen molar-refractivity contribution in [3.05, 3.63) is 35.9 Å². The number of benzene rings is 1. The van der Waals surface area contributed by atoms with Crippen molar-refractivity contribution in [2.45, 2.75) is 18.1 Å². The van der Waals surface area contributed by atoms with E-state index in [1.165, 1.54) is 12.0 Å². The van der Waals surface area contributed by atoms with Crippen LogP contribution in [-0.4, -0.2) is 18.3 Å². The highest BCUT2D eigenvalue weighted by Gasteiger charge is 2.87. The predicted octanol–water partition coefficient (Wildman–Crippen LogP) is 2.28. The Balaban J connectivity index is 1.58. The van der Waals surface area contributed by atoms with E-state index in [0.29, 0.717) is 29.8 Å². The second-order valence-electron chi connectivity index (χ2n) is 7.82. The van der Waals surface area contributed by atoms with E-state index >= 15 is 0 Å². The number of hydrogen-bond donors (Lipinski definition) is 1. The molecule has 2 heteroatoms. The van der Waals surface area contributed by atoms with Crippen molar-refractivity contribution < 1.29 is 9.84 Å². The molecule has 0 aromatic heterocycles. The lowest BCUT2D eigenvalue weighted by atomic mass is 9.54. The third kappa shape index (κ3) is 0.791. The molecule has 0 unspecified atom stereocenters. The summed E-state index contributed by atoms with van der Waals surface area (Å²) in [5.41, 5.74) is 0.621. The molecule has 0 amide bonds. The van der Waals surface area contributed by atoms with Crippen LogP contribution >= 0.6 is 0 Å². The summed E-state index contributed by atoms with van der Waals surface area (Å²) in [5, 5.41) is 11.7. The summed E-state index contributed by atoms with van der Waals surface area (Å²) in [6.07, 6.45) is 1.81. The van der Waals surface area contributed by atoms with Crippen LogP contribution in [0.15, 0.2) is 30.3 Å². The molecule has 20 heavy (non-hydrogen) atoms. The van der Waals surface area contributed by atoms with Gasteiger partial charge in [-0.3, -0.25) is 0 Å². The Morgan fingerprint density at radius 3 is 2.55 bits per heavy atom. The van der Waals surface area contributed by atoms with E-state index in [0.717, 1.165) is 23.7 Å². The van der Waals surface area contributed by atoms with E-state index in [9.17, 15) is 5.11 Å². The Hall–Kier alpha value is -0.860. The van der Waals surface area contributed by atoms with Crippen LogP contribution in [0.25, 0.3) is 0 Å². The summed E-state index contributed by atoms with van der Waals surface area (Å²) in [7, 11) is 1.89. The molecule has 5 fully saturated rings. The van der Waals surface area contributed by atoms with Crippen LogP contribution in [0.4, 0.5) is 0 Å². The van der Waals surface area contributed by atoms with Crippen LogP contribution in [0.2, 0.25) is 0 Å². The first-order valence-electron chi connectivity index (χ1n) is 8.09. The van der Waals surface area contributed by atoms with Crippen molar-refractivity contribution in [2.24, 2.45) is 47.3 Å². The number of aliphatic hydroxyl groups is 1. The van der Waals surface area contributed by atoms with Crippen molar-refractivity contribution in [2.75, 3.05) is 7.11 Å². The van der Waals surface area contributed by atoms with Crippen LogP contribution in [0.5, 0.6) is 0 Å². The number of fused-ring (bicyclic) bond motifs is 2. The van der Waals surface area contributed by atoms with E-state index in [4.69, 9.17) is 4.74 Å². The minimum Gasteiger partial charge on any atom is -0.385 e. The SMILES string of the molecule is CO[C@H]1[C@H]2[C@@H]3[C@H]4C[C@H]5[C@@H]3[C@H]2[C@@](O)(c2ccccc2)[C@@H]5[C@@H]41. The molecule has 5 aliphatic carbocycles. The van der Waals surface area contributed by atoms with Gasteiger partial charge in [-0.05, 0) is 47.5 Å². The van der Waals surface area contributed by atoms with Gasteiger partial charge in [0.05, 0.1) is 11.7 Å². The van der Waals surface area contributed by atoms with Crippen molar-refractivity contribution in [3.8, 4) is 0 Å². The highest BCUT2D eigenvalue weighted by molar-refractivity contribution is 5.40. The average molecular weight is 268 g/mol. The summed E-state index contributed by atoms with van der Waals surface area (Å²) < 4.78 is 5.89. The zero-order chi connectivity index (χ0) is 13.2. The Morgan fingerprint density at radius 2 is 1.80 bits per heavy atom. The van der Waals surface area contributed by atoms with Gasteiger partial charge in [-0.2, -0.15) is 0 Å². The van der Waals surface area contributed by atoms with Crippen LogP contribution in [-0.2, 0) is 10.3 Å². The predicted molar refractivity (Wildman–Crippen MR) is 73.7 cm³/mol. The first-order chi connectivity index (χ1) is 9.78. The van der Waals surface area contributed by atoms with Gasteiger partial charge in [0, 0.05) is 18.9 Å². The lowest BCUT2D eigenvalue weighted by molar-refractivity contribution is -0.183. The molecule has 10 atom stereocenters. The third-order valence-corrected chi connectivity index (χ3v) is 7.91. The number of methoxy groups -OCH3 is 1. The topological polar surface area (TPSA) is 29.5 Å². The maximum Gasteiger partial charge on any atom is 0.0965 e. The van der Waals surface area contributed by atoms with Crippen LogP contribution in [0.3, 0.4) is 0 Å². The molecule has 0 aliphatic heterocycles. The summed E-state index contributed by atoms with van der Waals surface area (Å²) in [5.74, 6) is 5.52. The monoisotopic (exact) mass is 268 g/mol. The maximum absolute atomic E-state index is 11.7. The normalized spacial score (nSPS) is 63.2.